The molecule has 1 amide bonds. The highest BCUT2D eigenvalue weighted by molar-refractivity contribution is 5.80. The van der Waals surface area contributed by atoms with Crippen LogP contribution in [0.1, 0.15) is 50.6 Å². The van der Waals surface area contributed by atoms with E-state index >= 15 is 0 Å². The molecule has 1 aliphatic carbocycles. The van der Waals surface area contributed by atoms with Crippen molar-refractivity contribution in [1.29, 1.82) is 0 Å². The summed E-state index contributed by atoms with van der Waals surface area (Å²) in [7, 11) is 1.66. The van der Waals surface area contributed by atoms with Gasteiger partial charge in [-0.1, -0.05) is 0 Å². The minimum Gasteiger partial charge on any atom is -0.480 e. The smallest absolute Gasteiger partial charge is 0.408 e. The summed E-state index contributed by atoms with van der Waals surface area (Å²) in [6.45, 7) is 5.03. The fourth-order valence-electron chi connectivity index (χ4n) is 3.73. The van der Waals surface area contributed by atoms with E-state index in [4.69, 9.17) is 4.74 Å². The van der Waals surface area contributed by atoms with Gasteiger partial charge in [-0.25, -0.2) is 19.0 Å². The zero-order valence-electron chi connectivity index (χ0n) is 18.7. The van der Waals surface area contributed by atoms with Crippen LogP contribution in [0.15, 0.2) is 27.9 Å². The van der Waals surface area contributed by atoms with E-state index < -0.39 is 29.4 Å². The molecular weight excluding hydrogens is 416 g/mol. The van der Waals surface area contributed by atoms with Gasteiger partial charge >= 0.3 is 17.8 Å². The number of carboxylic acids is 1. The number of nitrogens with zero attached hydrogens (tertiary/aromatic N) is 3. The number of carbonyl (C=O) groups is 2. The van der Waals surface area contributed by atoms with Crippen LogP contribution in [0.4, 0.5) is 4.79 Å². The summed E-state index contributed by atoms with van der Waals surface area (Å²) in [6.07, 6.45) is 3.61. The Labute approximate surface area is 184 Å². The monoisotopic (exact) mass is 444 g/mol. The number of carbonyl (C=O) groups excluding carboxylic acids is 1. The molecule has 2 aromatic rings. The molecule has 0 aliphatic heterocycles. The first-order valence-corrected chi connectivity index (χ1v) is 10.5. The van der Waals surface area contributed by atoms with Crippen molar-refractivity contribution in [2.24, 2.45) is 7.05 Å². The maximum atomic E-state index is 13.0. The quantitative estimate of drug-likeness (QED) is 0.711. The fourth-order valence-corrected chi connectivity index (χ4v) is 3.73. The number of amides is 1. The van der Waals surface area contributed by atoms with E-state index in [1.807, 2.05) is 0 Å². The molecule has 0 bridgehead atoms. The Kier molecular flexibility index (Phi) is 6.52. The number of aromatic nitrogens is 3. The molecule has 1 atom stereocenters. The van der Waals surface area contributed by atoms with Gasteiger partial charge in [0.05, 0.1) is 11.9 Å². The highest BCUT2D eigenvalue weighted by Crippen LogP contribution is 2.17. The SMILES string of the molecule is Cn1c2c(c(=O)n(-c3ccc(C[C@H](NC(=O)OC(C)(C)C)C(=O)O)nc3)c1=O)CCCC2. The summed E-state index contributed by atoms with van der Waals surface area (Å²) < 4.78 is 7.71. The Bertz CT molecular complexity index is 1140. The lowest BCUT2D eigenvalue weighted by Crippen LogP contribution is -2.44. The van der Waals surface area contributed by atoms with Crippen LogP contribution in [-0.4, -0.2) is 42.9 Å². The van der Waals surface area contributed by atoms with Gasteiger partial charge in [0.25, 0.3) is 5.56 Å². The summed E-state index contributed by atoms with van der Waals surface area (Å²) in [5, 5.41) is 11.8. The lowest BCUT2D eigenvalue weighted by Gasteiger charge is -2.22. The minimum absolute atomic E-state index is 0.0913. The van der Waals surface area contributed by atoms with Crippen molar-refractivity contribution >= 4 is 12.1 Å². The molecule has 2 heterocycles. The Morgan fingerprint density at radius 3 is 2.50 bits per heavy atom. The maximum Gasteiger partial charge on any atom is 0.408 e. The second-order valence-electron chi connectivity index (χ2n) is 8.86. The lowest BCUT2D eigenvalue weighted by atomic mass is 9.97. The number of aliphatic carboxylic acids is 1. The van der Waals surface area contributed by atoms with E-state index in [0.29, 0.717) is 29.8 Å². The van der Waals surface area contributed by atoms with Gasteiger partial charge in [-0.3, -0.25) is 9.78 Å². The van der Waals surface area contributed by atoms with E-state index in [1.54, 1.807) is 33.9 Å². The molecule has 10 nitrogen and oxygen atoms in total. The Balaban J connectivity index is 1.84. The number of carboxylic acid groups (broad SMARTS) is 1. The Morgan fingerprint density at radius 2 is 1.91 bits per heavy atom. The average Bonchev–Trinajstić information content (AvgIpc) is 2.71. The zero-order valence-corrected chi connectivity index (χ0v) is 18.7. The first kappa shape index (κ1) is 23.2. The molecule has 10 heteroatoms. The molecule has 172 valence electrons. The third-order valence-corrected chi connectivity index (χ3v) is 5.25. The van der Waals surface area contributed by atoms with Crippen LogP contribution in [0.5, 0.6) is 0 Å². The predicted octanol–water partition coefficient (Wildman–Crippen LogP) is 1.33. The number of ether oxygens (including phenoxy) is 1. The molecular formula is C22H28N4O6. The van der Waals surface area contributed by atoms with Crippen LogP contribution in [0.2, 0.25) is 0 Å². The Morgan fingerprint density at radius 1 is 1.22 bits per heavy atom. The molecule has 0 saturated carbocycles. The van der Waals surface area contributed by atoms with Gasteiger partial charge in [0.15, 0.2) is 0 Å². The molecule has 0 saturated heterocycles. The van der Waals surface area contributed by atoms with Crippen molar-refractivity contribution in [2.75, 3.05) is 0 Å². The first-order valence-electron chi connectivity index (χ1n) is 10.5. The van der Waals surface area contributed by atoms with Crippen LogP contribution in [0.3, 0.4) is 0 Å². The lowest BCUT2D eigenvalue weighted by molar-refractivity contribution is -0.139. The number of hydrogen-bond donors (Lipinski definition) is 2. The van der Waals surface area contributed by atoms with E-state index in [-0.39, 0.29) is 12.0 Å². The number of nitrogens with one attached hydrogen (secondary N) is 1. The van der Waals surface area contributed by atoms with Gasteiger partial charge in [-0.2, -0.15) is 0 Å². The third-order valence-electron chi connectivity index (χ3n) is 5.25. The van der Waals surface area contributed by atoms with Gasteiger partial charge in [0.1, 0.15) is 11.6 Å². The van der Waals surface area contributed by atoms with Gasteiger partial charge in [0.2, 0.25) is 0 Å². The van der Waals surface area contributed by atoms with Crippen LogP contribution in [0, 0.1) is 0 Å². The molecule has 32 heavy (non-hydrogen) atoms. The first-order chi connectivity index (χ1) is 15.0. The highest BCUT2D eigenvalue weighted by Gasteiger charge is 2.25. The van der Waals surface area contributed by atoms with Crippen molar-refractivity contribution in [3.8, 4) is 5.69 Å². The van der Waals surface area contributed by atoms with Crippen LogP contribution in [-0.2, 0) is 35.8 Å². The molecule has 0 aromatic carbocycles. The molecule has 1 aliphatic rings. The molecule has 0 spiro atoms. The summed E-state index contributed by atoms with van der Waals surface area (Å²) >= 11 is 0. The number of alkyl carbamates (subject to hydrolysis) is 1. The highest BCUT2D eigenvalue weighted by atomic mass is 16.6. The second kappa shape index (κ2) is 8.97. The molecule has 0 fully saturated rings. The number of hydrogen-bond acceptors (Lipinski definition) is 6. The van der Waals surface area contributed by atoms with Crippen molar-refractivity contribution in [1.82, 2.24) is 19.4 Å². The molecule has 0 radical (unpaired) electrons. The maximum absolute atomic E-state index is 13.0. The van der Waals surface area contributed by atoms with Crippen LogP contribution in [0.25, 0.3) is 5.69 Å². The van der Waals surface area contributed by atoms with E-state index in [1.165, 1.54) is 16.8 Å². The van der Waals surface area contributed by atoms with Gasteiger partial charge < -0.3 is 19.7 Å². The molecule has 2 N–H and O–H groups in total. The Hall–Kier alpha value is -3.43. The fraction of sp³-hybridized carbons (Fsp3) is 0.500. The predicted molar refractivity (Wildman–Crippen MR) is 116 cm³/mol. The standard InChI is InChI=1S/C22H28N4O6/c1-22(2,3)32-20(30)24-16(19(28)29)11-13-9-10-14(12-23-13)26-18(27)15-7-5-6-8-17(15)25(4)21(26)31/h9-10,12,16H,5-8,11H2,1-4H3,(H,24,30)(H,28,29)/t16-/m0/s1. The summed E-state index contributed by atoms with van der Waals surface area (Å²) in [6, 6.07) is 1.84. The summed E-state index contributed by atoms with van der Waals surface area (Å²) in [5.74, 6) is -1.23. The van der Waals surface area contributed by atoms with Gasteiger partial charge in [-0.15, -0.1) is 0 Å². The van der Waals surface area contributed by atoms with Crippen LogP contribution >= 0.6 is 0 Å². The largest absolute Gasteiger partial charge is 0.480 e. The van der Waals surface area contributed by atoms with Gasteiger partial charge in [-0.05, 0) is 58.6 Å². The van der Waals surface area contributed by atoms with Gasteiger partial charge in [0, 0.05) is 30.4 Å². The van der Waals surface area contributed by atoms with Crippen LogP contribution < -0.4 is 16.6 Å². The number of pyridine rings is 1. The number of rotatable bonds is 5. The van der Waals surface area contributed by atoms with E-state index in [2.05, 4.69) is 10.3 Å². The molecule has 2 aromatic heterocycles. The van der Waals surface area contributed by atoms with Crippen molar-refractivity contribution in [2.45, 2.75) is 64.5 Å². The second-order valence-corrected chi connectivity index (χ2v) is 8.86. The van der Waals surface area contributed by atoms with Crippen molar-refractivity contribution < 1.29 is 19.4 Å². The van der Waals surface area contributed by atoms with E-state index in [0.717, 1.165) is 23.1 Å². The van der Waals surface area contributed by atoms with Crippen molar-refractivity contribution in [3.63, 3.8) is 0 Å². The van der Waals surface area contributed by atoms with Crippen molar-refractivity contribution in [3.05, 3.63) is 56.1 Å². The summed E-state index contributed by atoms with van der Waals surface area (Å²) in [5.41, 5.74) is 0.563. The minimum atomic E-state index is -1.25. The average molecular weight is 444 g/mol. The molecule has 0 unspecified atom stereocenters. The third kappa shape index (κ3) is 5.06. The number of fused-ring (bicyclic) bond motifs is 1. The normalized spacial score (nSPS) is 14.4. The topological polar surface area (TPSA) is 133 Å². The summed E-state index contributed by atoms with van der Waals surface area (Å²) in [4.78, 5) is 53.5. The zero-order chi connectivity index (χ0) is 23.6. The van der Waals surface area contributed by atoms with E-state index in [9.17, 15) is 24.3 Å². The molecule has 3 rings (SSSR count).